The van der Waals surface area contributed by atoms with Crippen molar-refractivity contribution in [3.63, 3.8) is 0 Å². The highest BCUT2D eigenvalue weighted by atomic mass is 16.5. The molecule has 27 heavy (non-hydrogen) atoms. The second-order valence-electron chi connectivity index (χ2n) is 6.13. The topological polar surface area (TPSA) is 91.2 Å². The number of carbonyl (C=O) groups excluding carboxylic acids is 2. The van der Waals surface area contributed by atoms with Crippen LogP contribution in [0.25, 0.3) is 0 Å². The first kappa shape index (κ1) is 20.0. The highest BCUT2D eigenvalue weighted by Gasteiger charge is 2.04. The number of benzene rings is 2. The molecule has 0 radical (unpaired) electrons. The van der Waals surface area contributed by atoms with Crippen LogP contribution in [0.3, 0.4) is 0 Å². The van der Waals surface area contributed by atoms with Gasteiger partial charge >= 0.3 is 0 Å². The van der Waals surface area contributed by atoms with Crippen LogP contribution in [0.15, 0.2) is 48.5 Å². The van der Waals surface area contributed by atoms with Crippen LogP contribution in [-0.4, -0.2) is 18.4 Å². The third-order valence-corrected chi connectivity index (χ3v) is 3.78. The molecule has 2 aromatic carbocycles. The maximum Gasteiger partial charge on any atom is 0.238 e. The molecule has 0 aliphatic heterocycles. The Kier molecular flexibility index (Phi) is 7.86. The van der Waals surface area contributed by atoms with Gasteiger partial charge in [0.15, 0.2) is 0 Å². The predicted molar refractivity (Wildman–Crippen MR) is 103 cm³/mol. The molecule has 0 aromatic heterocycles. The first-order valence-electron chi connectivity index (χ1n) is 8.79. The van der Waals surface area contributed by atoms with Crippen LogP contribution < -0.4 is 15.4 Å². The summed E-state index contributed by atoms with van der Waals surface area (Å²) in [5.74, 6) is 0.393. The number of anilines is 1. The normalized spacial score (nSPS) is 9.93. The van der Waals surface area contributed by atoms with E-state index in [1.807, 2.05) is 37.3 Å². The molecule has 0 spiro atoms. The van der Waals surface area contributed by atoms with Gasteiger partial charge in [-0.25, -0.2) is 0 Å². The Morgan fingerprint density at radius 1 is 1.11 bits per heavy atom. The molecular weight excluding hydrogens is 342 g/mol. The van der Waals surface area contributed by atoms with Gasteiger partial charge in [-0.1, -0.05) is 29.8 Å². The van der Waals surface area contributed by atoms with E-state index in [-0.39, 0.29) is 18.2 Å². The molecule has 2 rings (SSSR count). The van der Waals surface area contributed by atoms with E-state index in [0.717, 1.165) is 11.3 Å². The van der Waals surface area contributed by atoms with Gasteiger partial charge in [-0.15, -0.1) is 0 Å². The fraction of sp³-hybridized carbons (Fsp3) is 0.286. The van der Waals surface area contributed by atoms with E-state index >= 15 is 0 Å². The molecule has 0 saturated carbocycles. The lowest BCUT2D eigenvalue weighted by atomic mass is 10.2. The van der Waals surface area contributed by atoms with Gasteiger partial charge in [-0.3, -0.25) is 9.59 Å². The summed E-state index contributed by atoms with van der Waals surface area (Å²) in [7, 11) is 0. The molecule has 2 amide bonds. The molecule has 2 aromatic rings. The van der Waals surface area contributed by atoms with Crippen molar-refractivity contribution in [2.45, 2.75) is 32.7 Å². The number of amides is 2. The van der Waals surface area contributed by atoms with E-state index < -0.39 is 0 Å². The Morgan fingerprint density at radius 3 is 2.63 bits per heavy atom. The molecule has 6 nitrogen and oxygen atoms in total. The highest BCUT2D eigenvalue weighted by molar-refractivity contribution is 5.92. The second-order valence-corrected chi connectivity index (χ2v) is 6.13. The van der Waals surface area contributed by atoms with Crippen molar-refractivity contribution in [3.8, 4) is 11.8 Å². The number of aryl methyl sites for hydroxylation is 1. The lowest BCUT2D eigenvalue weighted by Crippen LogP contribution is -2.23. The minimum atomic E-state index is -0.354. The molecule has 2 N–H and O–H groups in total. The third-order valence-electron chi connectivity index (χ3n) is 3.78. The van der Waals surface area contributed by atoms with E-state index in [1.54, 1.807) is 24.3 Å². The Morgan fingerprint density at radius 2 is 1.89 bits per heavy atom. The number of hydrogen-bond acceptors (Lipinski definition) is 4. The lowest BCUT2D eigenvalue weighted by Gasteiger charge is -2.09. The van der Waals surface area contributed by atoms with Gasteiger partial charge in [0.1, 0.15) is 12.2 Å². The summed E-state index contributed by atoms with van der Waals surface area (Å²) in [6, 6.07) is 16.8. The molecule has 0 heterocycles. The van der Waals surface area contributed by atoms with Crippen LogP contribution in [0.2, 0.25) is 0 Å². The quantitative estimate of drug-likeness (QED) is 0.667. The zero-order valence-electron chi connectivity index (χ0n) is 15.3. The smallest absolute Gasteiger partial charge is 0.238 e. The molecule has 0 fully saturated rings. The van der Waals surface area contributed by atoms with E-state index in [0.29, 0.717) is 31.7 Å². The number of nitrogens with zero attached hydrogens (tertiary/aromatic N) is 1. The zero-order valence-corrected chi connectivity index (χ0v) is 15.3. The van der Waals surface area contributed by atoms with Crippen molar-refractivity contribution in [2.24, 2.45) is 0 Å². The van der Waals surface area contributed by atoms with Crippen LogP contribution in [0, 0.1) is 18.3 Å². The number of ether oxygens (including phenoxy) is 1. The summed E-state index contributed by atoms with van der Waals surface area (Å²) in [6.45, 7) is 2.88. The van der Waals surface area contributed by atoms with Crippen LogP contribution in [-0.2, 0) is 16.1 Å². The number of hydrogen-bond donors (Lipinski definition) is 2. The summed E-state index contributed by atoms with van der Waals surface area (Å²) >= 11 is 0. The average Bonchev–Trinajstić information content (AvgIpc) is 2.65. The van der Waals surface area contributed by atoms with Gasteiger partial charge in [-0.2, -0.15) is 5.26 Å². The van der Waals surface area contributed by atoms with Crippen molar-refractivity contribution in [1.29, 1.82) is 5.26 Å². The molecule has 0 aliphatic rings. The minimum absolute atomic E-state index is 0.0542. The fourth-order valence-corrected chi connectivity index (χ4v) is 2.38. The van der Waals surface area contributed by atoms with Gasteiger partial charge < -0.3 is 15.4 Å². The Hall–Kier alpha value is -3.33. The number of nitriles is 1. The maximum atomic E-state index is 11.9. The molecule has 0 aliphatic carbocycles. The van der Waals surface area contributed by atoms with E-state index in [2.05, 4.69) is 10.6 Å². The van der Waals surface area contributed by atoms with Gasteiger partial charge in [0.05, 0.1) is 12.7 Å². The standard InChI is InChI=1S/C21H23N3O3/c1-16-7-9-19(10-8-16)27-13-3-6-20(25)23-15-17-4-2-5-18(14-17)24-21(26)11-12-22/h2,4-5,7-10,14H,3,6,11,13,15H2,1H3,(H,23,25)(H,24,26). The van der Waals surface area contributed by atoms with Gasteiger partial charge in [0, 0.05) is 18.7 Å². The van der Waals surface area contributed by atoms with E-state index in [1.165, 1.54) is 5.56 Å². The molecule has 140 valence electrons. The fourth-order valence-electron chi connectivity index (χ4n) is 2.38. The van der Waals surface area contributed by atoms with Crippen LogP contribution >= 0.6 is 0 Å². The van der Waals surface area contributed by atoms with Gasteiger partial charge in [0.25, 0.3) is 0 Å². The third kappa shape index (κ3) is 7.61. The summed E-state index contributed by atoms with van der Waals surface area (Å²) in [4.78, 5) is 23.4. The van der Waals surface area contributed by atoms with Crippen LogP contribution in [0.5, 0.6) is 5.75 Å². The van der Waals surface area contributed by atoms with E-state index in [9.17, 15) is 9.59 Å². The van der Waals surface area contributed by atoms with Crippen molar-refractivity contribution in [2.75, 3.05) is 11.9 Å². The summed E-state index contributed by atoms with van der Waals surface area (Å²) < 4.78 is 5.60. The first-order valence-corrected chi connectivity index (χ1v) is 8.79. The van der Waals surface area contributed by atoms with Crippen LogP contribution in [0.1, 0.15) is 30.4 Å². The number of carbonyl (C=O) groups is 2. The lowest BCUT2D eigenvalue weighted by molar-refractivity contribution is -0.121. The molecular formula is C21H23N3O3. The van der Waals surface area contributed by atoms with Crippen molar-refractivity contribution in [3.05, 3.63) is 59.7 Å². The maximum absolute atomic E-state index is 11.9. The highest BCUT2D eigenvalue weighted by Crippen LogP contribution is 2.12. The van der Waals surface area contributed by atoms with Crippen molar-refractivity contribution < 1.29 is 14.3 Å². The number of nitrogens with one attached hydrogen (secondary N) is 2. The summed E-state index contributed by atoms with van der Waals surface area (Å²) in [5.41, 5.74) is 2.65. The largest absolute Gasteiger partial charge is 0.494 e. The minimum Gasteiger partial charge on any atom is -0.494 e. The second kappa shape index (κ2) is 10.6. The van der Waals surface area contributed by atoms with Gasteiger partial charge in [0.2, 0.25) is 11.8 Å². The predicted octanol–water partition coefficient (Wildman–Crippen LogP) is 3.32. The first-order chi connectivity index (χ1) is 13.1. The molecule has 0 saturated heterocycles. The molecule has 0 atom stereocenters. The molecule has 0 bridgehead atoms. The number of rotatable bonds is 9. The monoisotopic (exact) mass is 365 g/mol. The Labute approximate surface area is 159 Å². The molecule has 0 unspecified atom stereocenters. The molecule has 6 heteroatoms. The zero-order chi connectivity index (χ0) is 19.5. The van der Waals surface area contributed by atoms with Crippen LogP contribution in [0.4, 0.5) is 5.69 Å². The Bertz CT molecular complexity index is 810. The summed E-state index contributed by atoms with van der Waals surface area (Å²) in [6.07, 6.45) is 0.819. The SMILES string of the molecule is Cc1ccc(OCCCC(=O)NCc2cccc(NC(=O)CC#N)c2)cc1. The van der Waals surface area contributed by atoms with Crippen molar-refractivity contribution >= 4 is 17.5 Å². The average molecular weight is 365 g/mol. The van der Waals surface area contributed by atoms with E-state index in [4.69, 9.17) is 10.00 Å². The van der Waals surface area contributed by atoms with Gasteiger partial charge in [-0.05, 0) is 43.2 Å². The summed E-state index contributed by atoms with van der Waals surface area (Å²) in [5, 5.41) is 14.0. The Balaban J connectivity index is 1.68. The van der Waals surface area contributed by atoms with Crippen molar-refractivity contribution in [1.82, 2.24) is 5.32 Å².